The van der Waals surface area contributed by atoms with Crippen molar-refractivity contribution in [2.24, 2.45) is 0 Å². The molecule has 0 unspecified atom stereocenters. The van der Waals surface area contributed by atoms with Crippen molar-refractivity contribution in [1.82, 2.24) is 4.90 Å². The lowest BCUT2D eigenvalue weighted by molar-refractivity contribution is 0.340. The van der Waals surface area contributed by atoms with E-state index in [0.29, 0.717) is 0 Å². The van der Waals surface area contributed by atoms with Gasteiger partial charge in [-0.15, -0.1) is 0 Å². The van der Waals surface area contributed by atoms with Gasteiger partial charge in [0, 0.05) is 6.54 Å². The van der Waals surface area contributed by atoms with Crippen LogP contribution in [0.4, 0.5) is 8.78 Å². The summed E-state index contributed by atoms with van der Waals surface area (Å²) in [4.78, 5) is 2.16. The van der Waals surface area contributed by atoms with Crippen LogP contribution in [0.3, 0.4) is 0 Å². The van der Waals surface area contributed by atoms with Crippen LogP contribution in [-0.4, -0.2) is 30.8 Å². The predicted octanol–water partition coefficient (Wildman–Crippen LogP) is 2.76. The van der Waals surface area contributed by atoms with Gasteiger partial charge < -0.3 is 4.90 Å². The molecule has 0 aromatic heterocycles. The van der Waals surface area contributed by atoms with Gasteiger partial charge in [0.15, 0.2) is 11.6 Å². The molecule has 0 saturated heterocycles. The van der Waals surface area contributed by atoms with Crippen LogP contribution in [0.2, 0.25) is 0 Å². The maximum absolute atomic E-state index is 12.9. The first kappa shape index (κ1) is 13.5. The van der Waals surface area contributed by atoms with Gasteiger partial charge in [-0.2, -0.15) is 12.6 Å². The smallest absolute Gasteiger partial charge is 0.159 e. The van der Waals surface area contributed by atoms with Crippen LogP contribution in [0.5, 0.6) is 0 Å². The van der Waals surface area contributed by atoms with Gasteiger partial charge in [-0.05, 0) is 49.9 Å². The van der Waals surface area contributed by atoms with Gasteiger partial charge in [-0.1, -0.05) is 6.07 Å². The lowest BCUT2D eigenvalue weighted by atomic mass is 10.1. The van der Waals surface area contributed by atoms with Crippen molar-refractivity contribution in [2.45, 2.75) is 12.8 Å². The standard InChI is InChI=1S/C12H17F2NS/c1-15(6-2-8-16)7-5-10-3-4-11(13)12(14)9-10/h3-4,9,16H,2,5-8H2,1H3. The summed E-state index contributed by atoms with van der Waals surface area (Å²) in [5.74, 6) is -0.683. The zero-order valence-corrected chi connectivity index (χ0v) is 10.3. The number of rotatable bonds is 6. The molecule has 1 nitrogen and oxygen atoms in total. The third kappa shape index (κ3) is 4.49. The van der Waals surface area contributed by atoms with Gasteiger partial charge in [-0.25, -0.2) is 8.78 Å². The fourth-order valence-electron chi connectivity index (χ4n) is 1.47. The topological polar surface area (TPSA) is 3.24 Å². The molecule has 0 atom stereocenters. The largest absolute Gasteiger partial charge is 0.306 e. The van der Waals surface area contributed by atoms with Gasteiger partial charge >= 0.3 is 0 Å². The molecule has 1 rings (SSSR count). The highest BCUT2D eigenvalue weighted by molar-refractivity contribution is 7.80. The van der Waals surface area contributed by atoms with Crippen LogP contribution in [0.25, 0.3) is 0 Å². The average molecular weight is 245 g/mol. The van der Waals surface area contributed by atoms with E-state index in [1.807, 2.05) is 7.05 Å². The van der Waals surface area contributed by atoms with Crippen molar-refractivity contribution in [3.8, 4) is 0 Å². The number of benzene rings is 1. The Kier molecular flexibility index (Phi) is 5.77. The van der Waals surface area contributed by atoms with Crippen molar-refractivity contribution in [3.05, 3.63) is 35.4 Å². The van der Waals surface area contributed by atoms with Gasteiger partial charge in [0.25, 0.3) is 0 Å². The molecule has 0 aliphatic carbocycles. The second kappa shape index (κ2) is 6.86. The molecule has 0 saturated carbocycles. The first-order valence-electron chi connectivity index (χ1n) is 5.37. The molecule has 0 fully saturated rings. The lowest BCUT2D eigenvalue weighted by Crippen LogP contribution is -2.22. The number of hydrogen-bond acceptors (Lipinski definition) is 2. The monoisotopic (exact) mass is 245 g/mol. The van der Waals surface area contributed by atoms with E-state index >= 15 is 0 Å². The summed E-state index contributed by atoms with van der Waals surface area (Å²) in [6.07, 6.45) is 1.78. The van der Waals surface area contributed by atoms with Crippen LogP contribution in [0.1, 0.15) is 12.0 Å². The molecule has 0 aliphatic rings. The van der Waals surface area contributed by atoms with Crippen molar-refractivity contribution >= 4 is 12.6 Å². The molecule has 1 aromatic carbocycles. The number of likely N-dealkylation sites (N-methyl/N-ethyl adjacent to an activating group) is 1. The highest BCUT2D eigenvalue weighted by Crippen LogP contribution is 2.09. The maximum Gasteiger partial charge on any atom is 0.159 e. The summed E-state index contributed by atoms with van der Waals surface area (Å²) < 4.78 is 25.6. The molecule has 0 spiro atoms. The van der Waals surface area contributed by atoms with E-state index in [1.165, 1.54) is 12.1 Å². The molecule has 0 heterocycles. The summed E-state index contributed by atoms with van der Waals surface area (Å²) in [6.45, 7) is 1.83. The fourth-order valence-corrected chi connectivity index (χ4v) is 1.61. The molecule has 1 aromatic rings. The summed E-state index contributed by atoms with van der Waals surface area (Å²) in [6, 6.07) is 4.07. The van der Waals surface area contributed by atoms with Crippen molar-refractivity contribution < 1.29 is 8.78 Å². The van der Waals surface area contributed by atoms with E-state index in [0.717, 1.165) is 37.2 Å². The minimum absolute atomic E-state index is 0.736. The van der Waals surface area contributed by atoms with E-state index in [4.69, 9.17) is 0 Å². The Morgan fingerprint density at radius 2 is 1.94 bits per heavy atom. The zero-order chi connectivity index (χ0) is 12.0. The maximum atomic E-state index is 12.9. The quantitative estimate of drug-likeness (QED) is 0.754. The van der Waals surface area contributed by atoms with Gasteiger partial charge in [0.1, 0.15) is 0 Å². The van der Waals surface area contributed by atoms with Crippen LogP contribution < -0.4 is 0 Å². The van der Waals surface area contributed by atoms with E-state index in [-0.39, 0.29) is 0 Å². The summed E-state index contributed by atoms with van der Waals surface area (Å²) in [7, 11) is 2.02. The van der Waals surface area contributed by atoms with Gasteiger partial charge in [0.05, 0.1) is 0 Å². The predicted molar refractivity (Wildman–Crippen MR) is 66.0 cm³/mol. The van der Waals surface area contributed by atoms with Crippen molar-refractivity contribution in [3.63, 3.8) is 0 Å². The fraction of sp³-hybridized carbons (Fsp3) is 0.500. The van der Waals surface area contributed by atoms with Crippen molar-refractivity contribution in [2.75, 3.05) is 25.9 Å². The molecule has 4 heteroatoms. The Hall–Kier alpha value is -0.610. The number of halogens is 2. The second-order valence-corrected chi connectivity index (χ2v) is 4.33. The highest BCUT2D eigenvalue weighted by Gasteiger charge is 2.03. The van der Waals surface area contributed by atoms with Crippen LogP contribution >= 0.6 is 12.6 Å². The Morgan fingerprint density at radius 3 is 2.56 bits per heavy atom. The summed E-state index contributed by atoms with van der Waals surface area (Å²) in [5, 5.41) is 0. The Balaban J connectivity index is 2.39. The molecule has 0 amide bonds. The van der Waals surface area contributed by atoms with Gasteiger partial charge in [0.2, 0.25) is 0 Å². The van der Waals surface area contributed by atoms with Crippen molar-refractivity contribution in [1.29, 1.82) is 0 Å². The minimum atomic E-state index is -0.785. The Bertz CT molecular complexity index is 331. The third-order valence-corrected chi connectivity index (χ3v) is 2.78. The van der Waals surface area contributed by atoms with E-state index in [2.05, 4.69) is 17.5 Å². The molecular formula is C12H17F2NS. The molecule has 0 radical (unpaired) electrons. The van der Waals surface area contributed by atoms with Crippen LogP contribution in [0.15, 0.2) is 18.2 Å². The minimum Gasteiger partial charge on any atom is -0.306 e. The second-order valence-electron chi connectivity index (χ2n) is 3.88. The average Bonchev–Trinajstić information content (AvgIpc) is 2.28. The molecule has 16 heavy (non-hydrogen) atoms. The summed E-state index contributed by atoms with van der Waals surface area (Å²) >= 11 is 4.14. The van der Waals surface area contributed by atoms with E-state index < -0.39 is 11.6 Å². The first-order chi connectivity index (χ1) is 7.63. The first-order valence-corrected chi connectivity index (χ1v) is 6.00. The number of nitrogens with zero attached hydrogens (tertiary/aromatic N) is 1. The lowest BCUT2D eigenvalue weighted by Gasteiger charge is -2.15. The van der Waals surface area contributed by atoms with Crippen LogP contribution in [-0.2, 0) is 6.42 Å². The third-order valence-electron chi connectivity index (χ3n) is 2.46. The SMILES string of the molecule is CN(CCCS)CCc1ccc(F)c(F)c1. The molecule has 0 N–H and O–H groups in total. The Labute approximate surface area is 101 Å². The highest BCUT2D eigenvalue weighted by atomic mass is 32.1. The summed E-state index contributed by atoms with van der Waals surface area (Å²) in [5.41, 5.74) is 0.830. The zero-order valence-electron chi connectivity index (χ0n) is 9.42. The van der Waals surface area contributed by atoms with Gasteiger partial charge in [-0.3, -0.25) is 0 Å². The van der Waals surface area contributed by atoms with E-state index in [9.17, 15) is 8.78 Å². The number of thiol groups is 1. The number of hydrogen-bond donors (Lipinski definition) is 1. The molecule has 90 valence electrons. The normalized spacial score (nSPS) is 11.1. The van der Waals surface area contributed by atoms with E-state index in [1.54, 1.807) is 6.07 Å². The van der Waals surface area contributed by atoms with Crippen LogP contribution in [0, 0.1) is 11.6 Å². The molecule has 0 bridgehead atoms. The molecular weight excluding hydrogens is 228 g/mol. The molecule has 0 aliphatic heterocycles. The Morgan fingerprint density at radius 1 is 1.19 bits per heavy atom.